The van der Waals surface area contributed by atoms with E-state index in [1.165, 1.54) is 0 Å². The van der Waals surface area contributed by atoms with Gasteiger partial charge in [0.05, 0.1) is 22.8 Å². The number of nitrogens with two attached hydrogens (primary N) is 1. The van der Waals surface area contributed by atoms with E-state index in [1.807, 2.05) is 0 Å². The molecule has 1 aromatic rings. The van der Waals surface area contributed by atoms with Crippen molar-refractivity contribution < 1.29 is 4.79 Å². The fourth-order valence-electron chi connectivity index (χ4n) is 2.01. The predicted molar refractivity (Wildman–Crippen MR) is 63.2 cm³/mol. The summed E-state index contributed by atoms with van der Waals surface area (Å²) in [6.45, 7) is 0. The second-order valence-corrected chi connectivity index (χ2v) is 4.45. The molecule has 0 aliphatic heterocycles. The van der Waals surface area contributed by atoms with Gasteiger partial charge in [-0.25, -0.2) is 0 Å². The van der Waals surface area contributed by atoms with Crippen molar-refractivity contribution in [3.63, 3.8) is 0 Å². The molecule has 1 amide bonds. The van der Waals surface area contributed by atoms with Crippen LogP contribution in [0.25, 0.3) is 0 Å². The van der Waals surface area contributed by atoms with Gasteiger partial charge in [-0.3, -0.25) is 9.78 Å². The molecule has 0 spiro atoms. The monoisotopic (exact) mass is 239 g/mol. The van der Waals surface area contributed by atoms with E-state index < -0.39 is 0 Å². The third-order valence-electron chi connectivity index (χ3n) is 2.93. The minimum Gasteiger partial charge on any atom is -0.327 e. The predicted octanol–water partition coefficient (Wildman–Crippen LogP) is 1.80. The number of anilines is 1. The van der Waals surface area contributed by atoms with Crippen LogP contribution < -0.4 is 11.1 Å². The number of carbonyl (C=O) groups is 1. The topological polar surface area (TPSA) is 68.0 Å². The van der Waals surface area contributed by atoms with E-state index in [1.54, 1.807) is 18.5 Å². The van der Waals surface area contributed by atoms with Gasteiger partial charge in [-0.05, 0) is 18.9 Å². The molecule has 0 bridgehead atoms. The van der Waals surface area contributed by atoms with E-state index in [0.717, 1.165) is 19.3 Å². The average molecular weight is 240 g/mol. The summed E-state index contributed by atoms with van der Waals surface area (Å²) >= 11 is 5.93. The number of rotatable bonds is 2. The summed E-state index contributed by atoms with van der Waals surface area (Å²) in [6, 6.07) is 1.61. The average Bonchev–Trinajstić information content (AvgIpc) is 2.68. The first-order valence-electron chi connectivity index (χ1n) is 5.34. The summed E-state index contributed by atoms with van der Waals surface area (Å²) in [5.74, 6) is -0.156. The second kappa shape index (κ2) is 4.80. The van der Waals surface area contributed by atoms with Gasteiger partial charge in [-0.2, -0.15) is 0 Å². The molecule has 1 aliphatic carbocycles. The maximum Gasteiger partial charge on any atom is 0.229 e. The van der Waals surface area contributed by atoms with Crippen molar-refractivity contribution in [1.82, 2.24) is 4.98 Å². The Hall–Kier alpha value is -1.13. The summed E-state index contributed by atoms with van der Waals surface area (Å²) in [7, 11) is 0. The van der Waals surface area contributed by atoms with Crippen molar-refractivity contribution in [2.45, 2.75) is 25.3 Å². The number of amides is 1. The van der Waals surface area contributed by atoms with E-state index in [-0.39, 0.29) is 17.9 Å². The molecule has 2 rings (SSSR count). The molecule has 86 valence electrons. The van der Waals surface area contributed by atoms with Crippen LogP contribution in [0.3, 0.4) is 0 Å². The van der Waals surface area contributed by atoms with Crippen LogP contribution in [0.5, 0.6) is 0 Å². The van der Waals surface area contributed by atoms with Gasteiger partial charge in [0, 0.05) is 12.2 Å². The van der Waals surface area contributed by atoms with Crippen LogP contribution in [0.2, 0.25) is 5.02 Å². The van der Waals surface area contributed by atoms with Gasteiger partial charge < -0.3 is 11.1 Å². The SMILES string of the molecule is NC1CCCC1C(=O)Nc1cnccc1Cl. The number of hydrogen-bond acceptors (Lipinski definition) is 3. The number of aromatic nitrogens is 1. The number of carbonyl (C=O) groups excluding carboxylic acids is 1. The van der Waals surface area contributed by atoms with Crippen LogP contribution in [-0.4, -0.2) is 16.9 Å². The molecule has 5 heteroatoms. The Morgan fingerprint density at radius 3 is 3.00 bits per heavy atom. The summed E-state index contributed by atoms with van der Waals surface area (Å²) in [5, 5.41) is 3.26. The number of pyridine rings is 1. The highest BCUT2D eigenvalue weighted by Crippen LogP contribution is 2.26. The van der Waals surface area contributed by atoms with Crippen LogP contribution in [0, 0.1) is 5.92 Å². The fourth-order valence-corrected chi connectivity index (χ4v) is 2.16. The maximum atomic E-state index is 11.9. The molecular formula is C11H14ClN3O. The molecule has 1 saturated carbocycles. The fraction of sp³-hybridized carbons (Fsp3) is 0.455. The number of halogens is 1. The third kappa shape index (κ3) is 2.33. The van der Waals surface area contributed by atoms with Gasteiger partial charge in [0.25, 0.3) is 0 Å². The lowest BCUT2D eigenvalue weighted by Crippen LogP contribution is -2.34. The molecule has 2 atom stereocenters. The largest absolute Gasteiger partial charge is 0.327 e. The van der Waals surface area contributed by atoms with Crippen LogP contribution >= 0.6 is 11.6 Å². The Kier molecular flexibility index (Phi) is 3.41. The summed E-state index contributed by atoms with van der Waals surface area (Å²) < 4.78 is 0. The highest BCUT2D eigenvalue weighted by Gasteiger charge is 2.30. The second-order valence-electron chi connectivity index (χ2n) is 4.05. The first-order chi connectivity index (χ1) is 7.68. The van der Waals surface area contributed by atoms with E-state index in [9.17, 15) is 4.79 Å². The lowest BCUT2D eigenvalue weighted by molar-refractivity contribution is -0.120. The molecule has 4 nitrogen and oxygen atoms in total. The Morgan fingerprint density at radius 1 is 1.56 bits per heavy atom. The van der Waals surface area contributed by atoms with Crippen molar-refractivity contribution in [1.29, 1.82) is 0 Å². The van der Waals surface area contributed by atoms with Gasteiger partial charge in [0.15, 0.2) is 0 Å². The Balaban J connectivity index is 2.05. The minimum atomic E-state index is -0.101. The van der Waals surface area contributed by atoms with Gasteiger partial charge in [0.1, 0.15) is 0 Å². The molecule has 16 heavy (non-hydrogen) atoms. The third-order valence-corrected chi connectivity index (χ3v) is 3.26. The van der Waals surface area contributed by atoms with Crippen molar-refractivity contribution in [2.75, 3.05) is 5.32 Å². The van der Waals surface area contributed by atoms with Gasteiger partial charge in [-0.15, -0.1) is 0 Å². The molecule has 2 unspecified atom stereocenters. The van der Waals surface area contributed by atoms with E-state index in [2.05, 4.69) is 10.3 Å². The molecule has 1 aromatic heterocycles. The number of hydrogen-bond donors (Lipinski definition) is 2. The summed E-state index contributed by atoms with van der Waals surface area (Å²) in [5.41, 5.74) is 6.41. The van der Waals surface area contributed by atoms with Crippen molar-refractivity contribution >= 4 is 23.2 Å². The zero-order valence-electron chi connectivity index (χ0n) is 8.82. The van der Waals surface area contributed by atoms with Crippen molar-refractivity contribution in [3.8, 4) is 0 Å². The standard InChI is InChI=1S/C11H14ClN3O/c12-8-4-5-14-6-10(8)15-11(16)7-2-1-3-9(7)13/h4-7,9H,1-3,13H2,(H,15,16). The molecule has 0 radical (unpaired) electrons. The summed E-state index contributed by atoms with van der Waals surface area (Å²) in [4.78, 5) is 15.8. The molecule has 1 fully saturated rings. The van der Waals surface area contributed by atoms with E-state index in [0.29, 0.717) is 10.7 Å². The van der Waals surface area contributed by atoms with Crippen LogP contribution in [0.15, 0.2) is 18.5 Å². The summed E-state index contributed by atoms with van der Waals surface area (Å²) in [6.07, 6.45) is 5.91. The molecule has 1 heterocycles. The smallest absolute Gasteiger partial charge is 0.229 e. The zero-order valence-corrected chi connectivity index (χ0v) is 9.57. The lowest BCUT2D eigenvalue weighted by Gasteiger charge is -2.15. The highest BCUT2D eigenvalue weighted by atomic mass is 35.5. The van der Waals surface area contributed by atoms with Gasteiger partial charge in [-0.1, -0.05) is 18.0 Å². The normalized spacial score (nSPS) is 24.4. The first kappa shape index (κ1) is 11.4. The maximum absolute atomic E-state index is 11.9. The van der Waals surface area contributed by atoms with E-state index >= 15 is 0 Å². The van der Waals surface area contributed by atoms with Crippen LogP contribution in [-0.2, 0) is 4.79 Å². The zero-order chi connectivity index (χ0) is 11.5. The molecular weight excluding hydrogens is 226 g/mol. The van der Waals surface area contributed by atoms with Crippen LogP contribution in [0.4, 0.5) is 5.69 Å². The first-order valence-corrected chi connectivity index (χ1v) is 5.72. The number of nitrogens with zero attached hydrogens (tertiary/aromatic N) is 1. The molecule has 1 aliphatic rings. The van der Waals surface area contributed by atoms with Gasteiger partial charge >= 0.3 is 0 Å². The van der Waals surface area contributed by atoms with Gasteiger partial charge in [0.2, 0.25) is 5.91 Å². The van der Waals surface area contributed by atoms with Crippen molar-refractivity contribution in [2.24, 2.45) is 11.7 Å². The Labute approximate surface area is 99.2 Å². The Morgan fingerprint density at radius 2 is 2.38 bits per heavy atom. The molecule has 0 saturated heterocycles. The lowest BCUT2D eigenvalue weighted by atomic mass is 10.0. The number of nitrogens with one attached hydrogen (secondary N) is 1. The Bertz CT molecular complexity index is 397. The molecule has 0 aromatic carbocycles. The molecule has 3 N–H and O–H groups in total. The van der Waals surface area contributed by atoms with Crippen molar-refractivity contribution in [3.05, 3.63) is 23.5 Å². The minimum absolute atomic E-state index is 0.0320. The quantitative estimate of drug-likeness (QED) is 0.827. The highest BCUT2D eigenvalue weighted by molar-refractivity contribution is 6.33. The van der Waals surface area contributed by atoms with Crippen LogP contribution in [0.1, 0.15) is 19.3 Å². The van der Waals surface area contributed by atoms with E-state index in [4.69, 9.17) is 17.3 Å².